The van der Waals surface area contributed by atoms with Gasteiger partial charge in [0.05, 0.1) is 11.5 Å². The Morgan fingerprint density at radius 3 is 2.00 bits per heavy atom. The lowest BCUT2D eigenvalue weighted by Gasteiger charge is -1.79. The number of nitriles is 1. The topological polar surface area (TPSA) is 23.8 Å². The van der Waals surface area contributed by atoms with Gasteiger partial charge in [0, 0.05) is 4.32 Å². The van der Waals surface area contributed by atoms with Gasteiger partial charge in [0.1, 0.15) is 0 Å². The molecule has 2 saturated carbocycles. The lowest BCUT2D eigenvalue weighted by Crippen LogP contribution is -1.74. The van der Waals surface area contributed by atoms with Gasteiger partial charge in [-0.1, -0.05) is 15.9 Å². The van der Waals surface area contributed by atoms with Crippen LogP contribution in [0.15, 0.2) is 0 Å². The molecule has 0 radical (unpaired) electrons. The highest BCUT2D eigenvalue weighted by Gasteiger charge is 2.83. The number of nitrogens with zero attached hydrogens (tertiary/aromatic N) is 1. The van der Waals surface area contributed by atoms with Gasteiger partial charge in [0.15, 0.2) is 0 Å². The molecule has 0 amide bonds. The molecule has 2 fully saturated rings. The molecule has 0 spiro atoms. The molecule has 0 unspecified atom stereocenters. The minimum Gasteiger partial charge on any atom is -0.198 e. The van der Waals surface area contributed by atoms with Crippen LogP contribution >= 0.6 is 15.9 Å². The molecule has 7 heavy (non-hydrogen) atoms. The Morgan fingerprint density at radius 1 is 1.57 bits per heavy atom. The predicted octanol–water partition coefficient (Wildman–Crippen LogP) is 1.44. The molecule has 2 aliphatic rings. The first kappa shape index (κ1) is 3.91. The number of fused-ring (bicyclic) bond motifs is 1. The molecule has 1 nitrogen and oxygen atoms in total. The number of hydrogen-bond donors (Lipinski definition) is 0. The summed E-state index contributed by atoms with van der Waals surface area (Å²) in [5.74, 6) is 0. The van der Waals surface area contributed by atoms with E-state index in [2.05, 4.69) is 22.0 Å². The third-order valence-electron chi connectivity index (χ3n) is 1.99. The van der Waals surface area contributed by atoms with Crippen molar-refractivity contribution in [2.75, 3.05) is 0 Å². The fourth-order valence-electron chi connectivity index (χ4n) is 0.996. The van der Waals surface area contributed by atoms with Crippen molar-refractivity contribution in [3.05, 3.63) is 0 Å². The fraction of sp³-hybridized carbons (Fsp3) is 0.800. The molecule has 0 saturated heterocycles. The third-order valence-corrected chi connectivity index (χ3v) is 3.31. The Hall–Kier alpha value is -0.0300. The Bertz CT molecular complexity index is 161. The summed E-state index contributed by atoms with van der Waals surface area (Å²) in [4.78, 5) is 0. The zero-order valence-electron chi connectivity index (χ0n) is 3.74. The molecule has 0 bridgehead atoms. The first-order valence-electron chi connectivity index (χ1n) is 2.33. The normalized spacial score (nSPS) is 62.9. The van der Waals surface area contributed by atoms with E-state index < -0.39 is 0 Å². The molecule has 2 aliphatic carbocycles. The van der Waals surface area contributed by atoms with Gasteiger partial charge in [0.2, 0.25) is 0 Å². The van der Waals surface area contributed by atoms with E-state index in [1.54, 1.807) is 0 Å². The lowest BCUT2D eigenvalue weighted by molar-refractivity contribution is 0.819. The number of hydrogen-bond acceptors (Lipinski definition) is 1. The summed E-state index contributed by atoms with van der Waals surface area (Å²) < 4.78 is 0.314. The van der Waals surface area contributed by atoms with E-state index in [0.29, 0.717) is 4.32 Å². The van der Waals surface area contributed by atoms with Crippen molar-refractivity contribution in [2.24, 2.45) is 5.41 Å². The maximum absolute atomic E-state index is 8.39. The zero-order chi connectivity index (χ0) is 5.12. The highest BCUT2D eigenvalue weighted by Crippen LogP contribution is 2.83. The molecule has 2 heteroatoms. The summed E-state index contributed by atoms with van der Waals surface area (Å²) in [6.07, 6.45) is 2.19. The first-order valence-corrected chi connectivity index (χ1v) is 3.12. The quantitative estimate of drug-likeness (QED) is 0.489. The molecule has 0 N–H and O–H groups in total. The van der Waals surface area contributed by atoms with Crippen LogP contribution in [-0.2, 0) is 0 Å². The number of rotatable bonds is 0. The van der Waals surface area contributed by atoms with Gasteiger partial charge < -0.3 is 0 Å². The van der Waals surface area contributed by atoms with Crippen LogP contribution in [-0.4, -0.2) is 4.32 Å². The third kappa shape index (κ3) is 0.236. The Morgan fingerprint density at radius 2 is 2.00 bits per heavy atom. The average molecular weight is 158 g/mol. The molecule has 2 rings (SSSR count). The van der Waals surface area contributed by atoms with Crippen molar-refractivity contribution >= 4 is 15.9 Å². The minimum atomic E-state index is 0.118. The Kier molecular flexibility index (Phi) is 0.368. The second-order valence-corrected chi connectivity index (χ2v) is 4.03. The summed E-state index contributed by atoms with van der Waals surface area (Å²) >= 11 is 3.46. The van der Waals surface area contributed by atoms with Crippen molar-refractivity contribution < 1.29 is 0 Å². The van der Waals surface area contributed by atoms with Crippen LogP contribution in [0.2, 0.25) is 0 Å². The van der Waals surface area contributed by atoms with Gasteiger partial charge in [-0.25, -0.2) is 0 Å². The van der Waals surface area contributed by atoms with E-state index in [1.165, 1.54) is 0 Å². The molecular formula is C5H4BrN. The van der Waals surface area contributed by atoms with Crippen LogP contribution in [0.3, 0.4) is 0 Å². The fourth-order valence-corrected chi connectivity index (χ4v) is 2.04. The summed E-state index contributed by atoms with van der Waals surface area (Å²) in [6, 6.07) is 2.28. The van der Waals surface area contributed by atoms with Gasteiger partial charge in [-0.3, -0.25) is 0 Å². The standard InChI is InChI=1S/C5H4BrN/c6-5-1-4(5,2-5)3-7/h1-2H2. The van der Waals surface area contributed by atoms with Crippen molar-refractivity contribution in [1.29, 1.82) is 5.26 Å². The van der Waals surface area contributed by atoms with E-state index in [0.717, 1.165) is 12.8 Å². The van der Waals surface area contributed by atoms with E-state index in [-0.39, 0.29) is 5.41 Å². The molecule has 0 aromatic rings. The molecular weight excluding hydrogens is 154 g/mol. The summed E-state index contributed by atoms with van der Waals surface area (Å²) in [6.45, 7) is 0. The summed E-state index contributed by atoms with van der Waals surface area (Å²) in [5.41, 5.74) is 0.118. The number of halogens is 1. The summed E-state index contributed by atoms with van der Waals surface area (Å²) in [5, 5.41) is 8.39. The van der Waals surface area contributed by atoms with Gasteiger partial charge in [-0.05, 0) is 12.8 Å². The van der Waals surface area contributed by atoms with Crippen LogP contribution in [0.1, 0.15) is 12.8 Å². The zero-order valence-corrected chi connectivity index (χ0v) is 5.33. The highest BCUT2D eigenvalue weighted by molar-refractivity contribution is 9.10. The van der Waals surface area contributed by atoms with Crippen molar-refractivity contribution in [3.63, 3.8) is 0 Å². The van der Waals surface area contributed by atoms with Crippen LogP contribution in [0, 0.1) is 16.7 Å². The molecule has 0 atom stereocenters. The largest absolute Gasteiger partial charge is 0.198 e. The maximum Gasteiger partial charge on any atom is 0.0755 e. The van der Waals surface area contributed by atoms with Crippen molar-refractivity contribution in [1.82, 2.24) is 0 Å². The lowest BCUT2D eigenvalue weighted by atomic mass is 10.2. The summed E-state index contributed by atoms with van der Waals surface area (Å²) in [7, 11) is 0. The first-order chi connectivity index (χ1) is 3.22. The molecule has 0 aliphatic heterocycles. The average Bonchev–Trinajstić information content (AvgIpc) is 2.24. The minimum absolute atomic E-state index is 0.118. The highest BCUT2D eigenvalue weighted by atomic mass is 79.9. The van der Waals surface area contributed by atoms with Crippen LogP contribution in [0.4, 0.5) is 0 Å². The second kappa shape index (κ2) is 0.658. The maximum atomic E-state index is 8.39. The van der Waals surface area contributed by atoms with Gasteiger partial charge in [-0.2, -0.15) is 5.26 Å². The Labute approximate surface area is 50.4 Å². The van der Waals surface area contributed by atoms with Gasteiger partial charge >= 0.3 is 0 Å². The van der Waals surface area contributed by atoms with Crippen LogP contribution in [0.5, 0.6) is 0 Å². The molecule has 0 aromatic heterocycles. The SMILES string of the molecule is N#CC12CC1(Br)C2. The van der Waals surface area contributed by atoms with E-state index in [4.69, 9.17) is 5.26 Å². The van der Waals surface area contributed by atoms with Gasteiger partial charge in [-0.15, -0.1) is 0 Å². The number of alkyl halides is 1. The second-order valence-electron chi connectivity index (χ2n) is 2.51. The van der Waals surface area contributed by atoms with Crippen molar-refractivity contribution in [2.45, 2.75) is 17.2 Å². The Balaban J connectivity index is 2.33. The van der Waals surface area contributed by atoms with Crippen LogP contribution < -0.4 is 0 Å². The monoisotopic (exact) mass is 157 g/mol. The van der Waals surface area contributed by atoms with Crippen LogP contribution in [0.25, 0.3) is 0 Å². The molecule has 0 heterocycles. The predicted molar refractivity (Wildman–Crippen MR) is 28.9 cm³/mol. The van der Waals surface area contributed by atoms with E-state index in [9.17, 15) is 0 Å². The molecule has 36 valence electrons. The molecule has 0 aromatic carbocycles. The van der Waals surface area contributed by atoms with E-state index in [1.807, 2.05) is 0 Å². The smallest absolute Gasteiger partial charge is 0.0755 e. The van der Waals surface area contributed by atoms with E-state index >= 15 is 0 Å². The van der Waals surface area contributed by atoms with Crippen molar-refractivity contribution in [3.8, 4) is 6.07 Å². The van der Waals surface area contributed by atoms with Gasteiger partial charge in [0.25, 0.3) is 0 Å².